The van der Waals surface area contributed by atoms with Crippen LogP contribution in [0.3, 0.4) is 0 Å². The van der Waals surface area contributed by atoms with Crippen LogP contribution in [0.15, 0.2) is 16.3 Å². The molecule has 0 bridgehead atoms. The molecule has 156 valence electrons. The van der Waals surface area contributed by atoms with Crippen molar-refractivity contribution < 1.29 is 24.6 Å². The highest BCUT2D eigenvalue weighted by Crippen LogP contribution is 2.40. The topological polar surface area (TPSA) is 131 Å². The fraction of sp³-hybridized carbons (Fsp3) is 0.647. The molecule has 0 aromatic carbocycles. The maximum atomic E-state index is 12.4. The molecule has 2 heterocycles. The normalized spacial score (nSPS) is 22.3. The molecular formula is C17H26N4O5S2. The standard InChI is InChI=1S/C17H26N4O5S2/c1-8(2)18-17(19-9(3)4)28-7-11(23)20-12-14(24)21-13(16(25)26)10(5-22)6-27-15(12)21/h8-9,12,15,22H,5-7H2,1-4H3,(H,18,19)(H,20,23)(H,25,26)/t12-,15-/m1/s1. The van der Waals surface area contributed by atoms with Crippen LogP contribution in [0.4, 0.5) is 0 Å². The first-order valence-electron chi connectivity index (χ1n) is 8.93. The van der Waals surface area contributed by atoms with Gasteiger partial charge in [0.05, 0.1) is 12.4 Å². The molecule has 0 aromatic rings. The van der Waals surface area contributed by atoms with Gasteiger partial charge in [-0.2, -0.15) is 0 Å². The van der Waals surface area contributed by atoms with Crippen LogP contribution in [0, 0.1) is 0 Å². The van der Waals surface area contributed by atoms with Gasteiger partial charge >= 0.3 is 5.97 Å². The zero-order chi connectivity index (χ0) is 21.0. The Kier molecular flexibility index (Phi) is 7.79. The Morgan fingerprint density at radius 2 is 2.04 bits per heavy atom. The fourth-order valence-corrected chi connectivity index (χ4v) is 5.04. The van der Waals surface area contributed by atoms with Gasteiger partial charge in [-0.05, 0) is 33.3 Å². The Balaban J connectivity index is 1.97. The van der Waals surface area contributed by atoms with Crippen molar-refractivity contribution in [2.45, 2.75) is 51.2 Å². The highest BCUT2D eigenvalue weighted by Gasteiger charge is 2.54. The van der Waals surface area contributed by atoms with Gasteiger partial charge in [0.25, 0.3) is 5.91 Å². The van der Waals surface area contributed by atoms with Gasteiger partial charge in [0.2, 0.25) is 5.91 Å². The molecule has 0 unspecified atom stereocenters. The van der Waals surface area contributed by atoms with Gasteiger partial charge in [-0.15, -0.1) is 11.8 Å². The van der Waals surface area contributed by atoms with E-state index in [0.717, 1.165) is 4.90 Å². The van der Waals surface area contributed by atoms with Crippen LogP contribution in [0.25, 0.3) is 0 Å². The van der Waals surface area contributed by atoms with E-state index in [9.17, 15) is 24.6 Å². The number of carbonyl (C=O) groups excluding carboxylic acids is 2. The van der Waals surface area contributed by atoms with E-state index in [1.165, 1.54) is 23.5 Å². The number of aliphatic hydroxyl groups is 1. The van der Waals surface area contributed by atoms with E-state index in [4.69, 9.17) is 0 Å². The number of aliphatic imine (C=N–C) groups is 1. The summed E-state index contributed by atoms with van der Waals surface area (Å²) >= 11 is 2.59. The molecule has 11 heteroatoms. The summed E-state index contributed by atoms with van der Waals surface area (Å²) in [5, 5.41) is 24.7. The Morgan fingerprint density at radius 3 is 2.57 bits per heavy atom. The van der Waals surface area contributed by atoms with E-state index >= 15 is 0 Å². The summed E-state index contributed by atoms with van der Waals surface area (Å²) in [6.07, 6.45) is 0. The largest absolute Gasteiger partial charge is 0.477 e. The van der Waals surface area contributed by atoms with Crippen molar-refractivity contribution in [2.75, 3.05) is 18.1 Å². The first-order valence-corrected chi connectivity index (χ1v) is 11.0. The zero-order valence-corrected chi connectivity index (χ0v) is 17.9. The average molecular weight is 431 g/mol. The minimum atomic E-state index is -1.25. The number of carbonyl (C=O) groups is 3. The smallest absolute Gasteiger partial charge is 0.352 e. The number of β-lactam (4-membered cyclic amide) rings is 1. The van der Waals surface area contributed by atoms with Crippen LogP contribution < -0.4 is 10.6 Å². The summed E-state index contributed by atoms with van der Waals surface area (Å²) in [6, 6.07) is -0.509. The zero-order valence-electron chi connectivity index (χ0n) is 16.3. The summed E-state index contributed by atoms with van der Waals surface area (Å²) in [5.74, 6) is -1.65. The Bertz CT molecular complexity index is 708. The number of fused-ring (bicyclic) bond motifs is 1. The first-order chi connectivity index (χ1) is 13.1. The van der Waals surface area contributed by atoms with Crippen molar-refractivity contribution in [1.29, 1.82) is 0 Å². The number of carboxylic acid groups (broad SMARTS) is 1. The maximum Gasteiger partial charge on any atom is 0.352 e. The van der Waals surface area contributed by atoms with Gasteiger partial charge in [0, 0.05) is 17.8 Å². The van der Waals surface area contributed by atoms with Crippen molar-refractivity contribution in [1.82, 2.24) is 15.5 Å². The molecule has 2 aliphatic rings. The summed E-state index contributed by atoms with van der Waals surface area (Å²) in [4.78, 5) is 41.8. The van der Waals surface area contributed by atoms with Crippen LogP contribution in [0.2, 0.25) is 0 Å². The Morgan fingerprint density at radius 1 is 1.36 bits per heavy atom. The third kappa shape index (κ3) is 5.21. The van der Waals surface area contributed by atoms with Crippen LogP contribution in [0.5, 0.6) is 0 Å². The number of nitrogens with one attached hydrogen (secondary N) is 2. The van der Waals surface area contributed by atoms with Crippen LogP contribution in [-0.2, 0) is 14.4 Å². The number of amidine groups is 1. The number of hydrogen-bond donors (Lipinski definition) is 4. The van der Waals surface area contributed by atoms with Crippen molar-refractivity contribution >= 4 is 46.5 Å². The molecule has 0 radical (unpaired) electrons. The van der Waals surface area contributed by atoms with E-state index < -0.39 is 29.9 Å². The number of rotatable bonds is 7. The van der Waals surface area contributed by atoms with Gasteiger partial charge < -0.3 is 20.8 Å². The van der Waals surface area contributed by atoms with Crippen molar-refractivity contribution in [2.24, 2.45) is 4.99 Å². The molecule has 1 saturated heterocycles. The minimum absolute atomic E-state index is 0.0826. The highest BCUT2D eigenvalue weighted by molar-refractivity contribution is 8.14. The molecule has 0 aromatic heterocycles. The first kappa shape index (κ1) is 22.6. The maximum absolute atomic E-state index is 12.4. The second kappa shape index (κ2) is 9.66. The molecule has 4 N–H and O–H groups in total. The molecule has 2 atom stereocenters. The van der Waals surface area contributed by atoms with Crippen molar-refractivity contribution in [3.8, 4) is 0 Å². The SMILES string of the molecule is CC(C)N=C(NC(C)C)SCC(=O)N[C@@H]1C(=O)N2C(C(=O)O)=C(CO)CS[C@H]12. The third-order valence-electron chi connectivity index (χ3n) is 3.88. The van der Waals surface area contributed by atoms with Crippen LogP contribution >= 0.6 is 23.5 Å². The van der Waals surface area contributed by atoms with Crippen molar-refractivity contribution in [3.05, 3.63) is 11.3 Å². The Labute approximate surface area is 172 Å². The van der Waals surface area contributed by atoms with E-state index in [1.54, 1.807) is 0 Å². The number of thioether (sulfide) groups is 2. The molecule has 9 nitrogen and oxygen atoms in total. The highest BCUT2D eigenvalue weighted by atomic mass is 32.2. The van der Waals surface area contributed by atoms with Gasteiger partial charge in [-0.1, -0.05) is 11.8 Å². The molecule has 1 fully saturated rings. The van der Waals surface area contributed by atoms with E-state index in [-0.39, 0.29) is 29.4 Å². The lowest BCUT2D eigenvalue weighted by Crippen LogP contribution is -2.70. The number of aliphatic carboxylic acids is 1. The van der Waals surface area contributed by atoms with Gasteiger partial charge in [-0.25, -0.2) is 4.79 Å². The quantitative estimate of drug-likeness (QED) is 0.256. The monoisotopic (exact) mass is 430 g/mol. The lowest BCUT2D eigenvalue weighted by molar-refractivity contribution is -0.150. The van der Waals surface area contributed by atoms with Gasteiger partial charge in [0.15, 0.2) is 5.17 Å². The molecule has 2 amide bonds. The summed E-state index contributed by atoms with van der Waals surface area (Å²) in [5.41, 5.74) is 0.125. The average Bonchev–Trinajstić information content (AvgIpc) is 2.61. The van der Waals surface area contributed by atoms with Gasteiger partial charge in [0.1, 0.15) is 17.1 Å². The third-order valence-corrected chi connectivity index (χ3v) is 6.13. The lowest BCUT2D eigenvalue weighted by Gasteiger charge is -2.49. The summed E-state index contributed by atoms with van der Waals surface area (Å²) in [7, 11) is 0. The lowest BCUT2D eigenvalue weighted by atomic mass is 10.0. The number of carboxylic acids is 1. The second-order valence-electron chi connectivity index (χ2n) is 6.99. The number of aliphatic hydroxyl groups excluding tert-OH is 1. The molecular weight excluding hydrogens is 404 g/mol. The number of hydrogen-bond acceptors (Lipinski definition) is 7. The van der Waals surface area contributed by atoms with E-state index in [0.29, 0.717) is 16.5 Å². The van der Waals surface area contributed by atoms with Crippen LogP contribution in [0.1, 0.15) is 27.7 Å². The number of amides is 2. The van der Waals surface area contributed by atoms with Gasteiger partial charge in [-0.3, -0.25) is 19.5 Å². The fourth-order valence-electron chi connectivity index (χ4n) is 2.75. The minimum Gasteiger partial charge on any atom is -0.477 e. The van der Waals surface area contributed by atoms with Crippen LogP contribution in [-0.4, -0.2) is 79.7 Å². The molecule has 0 spiro atoms. The predicted molar refractivity (Wildman–Crippen MR) is 110 cm³/mol. The molecule has 0 aliphatic carbocycles. The molecule has 2 aliphatic heterocycles. The molecule has 0 saturated carbocycles. The Hall–Kier alpha value is -1.72. The van der Waals surface area contributed by atoms with Crippen molar-refractivity contribution in [3.63, 3.8) is 0 Å². The van der Waals surface area contributed by atoms with E-state index in [2.05, 4.69) is 15.6 Å². The summed E-state index contributed by atoms with van der Waals surface area (Å²) < 4.78 is 0. The van der Waals surface area contributed by atoms with E-state index in [1.807, 2.05) is 27.7 Å². The molecule has 28 heavy (non-hydrogen) atoms. The summed E-state index contributed by atoms with van der Waals surface area (Å²) in [6.45, 7) is 7.43. The molecule has 2 rings (SSSR count). The second-order valence-corrected chi connectivity index (χ2v) is 9.06. The predicted octanol–water partition coefficient (Wildman–Crippen LogP) is 0.213. The number of nitrogens with zero attached hydrogens (tertiary/aromatic N) is 2.